The van der Waals surface area contributed by atoms with Gasteiger partial charge < -0.3 is 9.05 Å². The van der Waals surface area contributed by atoms with Crippen LogP contribution in [0.3, 0.4) is 0 Å². The molecule has 0 amide bonds. The largest absolute Gasteiger partial charge is 0.335 e. The van der Waals surface area contributed by atoms with Crippen molar-refractivity contribution in [3.8, 4) is 5.69 Å². The molecule has 114 valence electrons. The third kappa shape index (κ3) is 4.14. The smallest absolute Gasteiger partial charge is 0.309 e. The quantitative estimate of drug-likeness (QED) is 0.725. The van der Waals surface area contributed by atoms with Crippen LogP contribution in [0.4, 0.5) is 0 Å². The van der Waals surface area contributed by atoms with Gasteiger partial charge in [-0.3, -0.25) is 4.57 Å². The number of halogens is 1. The molecule has 1 heterocycles. The van der Waals surface area contributed by atoms with Crippen molar-refractivity contribution in [2.45, 2.75) is 20.0 Å². The first-order valence-corrected chi connectivity index (χ1v) is 8.70. The van der Waals surface area contributed by atoms with Crippen LogP contribution >= 0.6 is 19.2 Å². The van der Waals surface area contributed by atoms with Gasteiger partial charge in [-0.2, -0.15) is 5.10 Å². The van der Waals surface area contributed by atoms with E-state index < -0.39 is 7.60 Å². The summed E-state index contributed by atoms with van der Waals surface area (Å²) in [5, 5.41) is 4.65. The molecule has 0 unspecified atom stereocenters. The number of aromatic nitrogens is 3. The summed E-state index contributed by atoms with van der Waals surface area (Å²) in [7, 11) is -3.19. The van der Waals surface area contributed by atoms with Crippen LogP contribution < -0.4 is 0 Å². The maximum absolute atomic E-state index is 12.7. The molecule has 1 aromatic carbocycles. The number of rotatable bonds is 7. The average molecular weight is 330 g/mol. The topological polar surface area (TPSA) is 66.2 Å². The monoisotopic (exact) mass is 329 g/mol. The molecular weight excluding hydrogens is 313 g/mol. The van der Waals surface area contributed by atoms with E-state index in [1.165, 1.54) is 6.33 Å². The molecule has 0 saturated heterocycles. The van der Waals surface area contributed by atoms with E-state index in [0.29, 0.717) is 23.9 Å². The van der Waals surface area contributed by atoms with Crippen LogP contribution in [-0.2, 0) is 19.8 Å². The fraction of sp³-hybridized carbons (Fsp3) is 0.385. The number of benzene rings is 1. The number of nitrogens with zero attached hydrogens (tertiary/aromatic N) is 3. The van der Waals surface area contributed by atoms with Gasteiger partial charge in [0.1, 0.15) is 12.7 Å². The molecule has 0 atom stereocenters. The van der Waals surface area contributed by atoms with E-state index in [-0.39, 0.29) is 6.16 Å². The Morgan fingerprint density at radius 2 is 2.00 bits per heavy atom. The van der Waals surface area contributed by atoms with Crippen LogP contribution in [-0.4, -0.2) is 28.0 Å². The van der Waals surface area contributed by atoms with Crippen molar-refractivity contribution in [2.24, 2.45) is 0 Å². The highest BCUT2D eigenvalue weighted by molar-refractivity contribution is 7.53. The Morgan fingerprint density at radius 1 is 1.29 bits per heavy atom. The van der Waals surface area contributed by atoms with Crippen LogP contribution in [0.2, 0.25) is 5.02 Å². The Hall–Kier alpha value is -1.20. The Bertz CT molecular complexity index is 624. The minimum Gasteiger partial charge on any atom is -0.309 e. The number of hydrogen-bond acceptors (Lipinski definition) is 5. The van der Waals surface area contributed by atoms with Gasteiger partial charge in [0.2, 0.25) is 0 Å². The summed E-state index contributed by atoms with van der Waals surface area (Å²) in [6, 6.07) is 5.28. The summed E-state index contributed by atoms with van der Waals surface area (Å²) in [5.41, 5.74) is 1.48. The second-order valence-electron chi connectivity index (χ2n) is 4.22. The van der Waals surface area contributed by atoms with Gasteiger partial charge in [0.05, 0.1) is 25.1 Å². The van der Waals surface area contributed by atoms with Crippen molar-refractivity contribution in [3.05, 3.63) is 41.4 Å². The molecule has 0 aliphatic rings. The highest BCUT2D eigenvalue weighted by Gasteiger charge is 2.26. The normalized spacial score (nSPS) is 11.8. The van der Waals surface area contributed by atoms with Gasteiger partial charge in [-0.25, -0.2) is 9.67 Å². The van der Waals surface area contributed by atoms with Gasteiger partial charge in [-0.15, -0.1) is 0 Å². The van der Waals surface area contributed by atoms with E-state index in [1.54, 1.807) is 43.1 Å². The predicted octanol–water partition coefficient (Wildman–Crippen LogP) is 3.69. The SMILES string of the molecule is CCOP(=O)(Cc1ccc(Cl)cc1-n1cncn1)OCC. The van der Waals surface area contributed by atoms with Gasteiger partial charge in [0.25, 0.3) is 0 Å². The molecular formula is C13H17ClN3O3P. The fourth-order valence-electron chi connectivity index (χ4n) is 1.95. The molecule has 8 heteroatoms. The van der Waals surface area contributed by atoms with Crippen LogP contribution in [0.15, 0.2) is 30.9 Å². The first kappa shape index (κ1) is 16.2. The molecule has 2 aromatic rings. The minimum atomic E-state index is -3.19. The van der Waals surface area contributed by atoms with Crippen molar-refractivity contribution in [1.29, 1.82) is 0 Å². The Morgan fingerprint density at radius 3 is 2.57 bits per heavy atom. The molecule has 2 rings (SSSR count). The van der Waals surface area contributed by atoms with Crippen molar-refractivity contribution in [3.63, 3.8) is 0 Å². The summed E-state index contributed by atoms with van der Waals surface area (Å²) >= 11 is 6.03. The van der Waals surface area contributed by atoms with Crippen molar-refractivity contribution in [1.82, 2.24) is 14.8 Å². The maximum Gasteiger partial charge on any atom is 0.335 e. The first-order valence-electron chi connectivity index (χ1n) is 6.59. The summed E-state index contributed by atoms with van der Waals surface area (Å²) in [6.45, 7) is 4.21. The lowest BCUT2D eigenvalue weighted by molar-refractivity contribution is 0.219. The lowest BCUT2D eigenvalue weighted by Crippen LogP contribution is -2.04. The summed E-state index contributed by atoms with van der Waals surface area (Å²) in [5.74, 6) is 0. The molecule has 0 bridgehead atoms. The van der Waals surface area contributed by atoms with Gasteiger partial charge >= 0.3 is 7.60 Å². The minimum absolute atomic E-state index is 0.154. The molecule has 1 aromatic heterocycles. The van der Waals surface area contributed by atoms with Gasteiger partial charge in [-0.1, -0.05) is 17.7 Å². The molecule has 0 spiro atoms. The average Bonchev–Trinajstić information content (AvgIpc) is 2.95. The summed E-state index contributed by atoms with van der Waals surface area (Å²) < 4.78 is 24.9. The summed E-state index contributed by atoms with van der Waals surface area (Å²) in [6.07, 6.45) is 3.14. The van der Waals surface area contributed by atoms with E-state index in [1.807, 2.05) is 0 Å². The van der Waals surface area contributed by atoms with Crippen LogP contribution in [0.1, 0.15) is 19.4 Å². The molecule has 0 fully saturated rings. The summed E-state index contributed by atoms with van der Waals surface area (Å²) in [4.78, 5) is 3.92. The van der Waals surface area contributed by atoms with Crippen molar-refractivity contribution >= 4 is 19.2 Å². The first-order chi connectivity index (χ1) is 10.1. The van der Waals surface area contributed by atoms with Crippen LogP contribution in [0.5, 0.6) is 0 Å². The van der Waals surface area contributed by atoms with E-state index in [9.17, 15) is 4.57 Å². The standard InChI is InChI=1S/C13H17ClN3O3P/c1-3-19-21(18,20-4-2)8-11-5-6-12(14)7-13(11)17-10-15-9-16-17/h5-7,9-10H,3-4,8H2,1-2H3. The Kier molecular flexibility index (Phi) is 5.53. The second kappa shape index (κ2) is 7.18. The molecule has 0 saturated carbocycles. The van der Waals surface area contributed by atoms with E-state index in [4.69, 9.17) is 20.6 Å². The highest BCUT2D eigenvalue weighted by atomic mass is 35.5. The Labute approximate surface area is 128 Å². The second-order valence-corrected chi connectivity index (χ2v) is 6.71. The lowest BCUT2D eigenvalue weighted by atomic mass is 10.2. The molecule has 6 nitrogen and oxygen atoms in total. The third-order valence-electron chi connectivity index (χ3n) is 2.73. The van der Waals surface area contributed by atoms with Crippen LogP contribution in [0.25, 0.3) is 5.69 Å². The zero-order valence-corrected chi connectivity index (χ0v) is 13.5. The van der Waals surface area contributed by atoms with Gasteiger partial charge in [0, 0.05) is 5.02 Å². The van der Waals surface area contributed by atoms with E-state index in [0.717, 1.165) is 5.56 Å². The van der Waals surface area contributed by atoms with Gasteiger partial charge in [-0.05, 0) is 31.5 Å². The maximum atomic E-state index is 12.7. The Balaban J connectivity index is 2.37. The third-order valence-corrected chi connectivity index (χ3v) is 4.99. The molecule has 21 heavy (non-hydrogen) atoms. The number of hydrogen-bond donors (Lipinski definition) is 0. The molecule has 0 aliphatic carbocycles. The molecule has 0 N–H and O–H groups in total. The van der Waals surface area contributed by atoms with E-state index >= 15 is 0 Å². The molecule has 0 aliphatic heterocycles. The lowest BCUT2D eigenvalue weighted by Gasteiger charge is -2.18. The fourth-order valence-corrected chi connectivity index (χ4v) is 3.84. The highest BCUT2D eigenvalue weighted by Crippen LogP contribution is 2.52. The van der Waals surface area contributed by atoms with Crippen molar-refractivity contribution in [2.75, 3.05) is 13.2 Å². The predicted molar refractivity (Wildman–Crippen MR) is 80.9 cm³/mol. The van der Waals surface area contributed by atoms with Crippen LogP contribution in [0, 0.1) is 0 Å². The van der Waals surface area contributed by atoms with Crippen molar-refractivity contribution < 1.29 is 13.6 Å². The van der Waals surface area contributed by atoms with Gasteiger partial charge in [0.15, 0.2) is 0 Å². The molecule has 0 radical (unpaired) electrons. The van der Waals surface area contributed by atoms with E-state index in [2.05, 4.69) is 10.1 Å². The zero-order chi connectivity index (χ0) is 15.3. The zero-order valence-electron chi connectivity index (χ0n) is 11.9.